The van der Waals surface area contributed by atoms with Crippen LogP contribution in [0.15, 0.2) is 0 Å². The van der Waals surface area contributed by atoms with E-state index in [0.29, 0.717) is 11.8 Å². The molecule has 0 heterocycles. The summed E-state index contributed by atoms with van der Waals surface area (Å²) in [5.41, 5.74) is 0.332. The molecule has 4 bridgehead atoms. The minimum atomic E-state index is 0.0388. The summed E-state index contributed by atoms with van der Waals surface area (Å²) in [7, 11) is 0. The maximum Gasteiger partial charge on any atom is 0.205 e. The molecule has 15 heavy (non-hydrogen) atoms. The second kappa shape index (κ2) is 3.11. The molecule has 0 radical (unpaired) electrons. The highest BCUT2D eigenvalue weighted by Gasteiger charge is 2.51. The first-order valence-electron chi connectivity index (χ1n) is 6.18. The first-order valence-corrected chi connectivity index (χ1v) is 6.18. The van der Waals surface area contributed by atoms with Crippen LogP contribution in [-0.4, -0.2) is 5.78 Å². The maximum atomic E-state index is 11.5. The summed E-state index contributed by atoms with van der Waals surface area (Å²) in [6, 6.07) is 0. The molecular formula is C14H18O. The summed E-state index contributed by atoms with van der Waals surface area (Å²) < 4.78 is 0. The second-order valence-electron chi connectivity index (χ2n) is 6.16. The van der Waals surface area contributed by atoms with E-state index in [0.717, 1.165) is 17.8 Å². The fourth-order valence-electron chi connectivity index (χ4n) is 4.90. The van der Waals surface area contributed by atoms with Crippen molar-refractivity contribution in [3.05, 3.63) is 0 Å². The SMILES string of the molecule is C#CC(=O)CC12CC3CC(CC(C3)C1)C2. The first-order chi connectivity index (χ1) is 7.19. The van der Waals surface area contributed by atoms with E-state index < -0.39 is 0 Å². The van der Waals surface area contributed by atoms with Crippen molar-refractivity contribution >= 4 is 5.78 Å². The van der Waals surface area contributed by atoms with Gasteiger partial charge in [-0.2, -0.15) is 0 Å². The van der Waals surface area contributed by atoms with Gasteiger partial charge in [-0.25, -0.2) is 0 Å². The van der Waals surface area contributed by atoms with E-state index in [1.54, 1.807) is 0 Å². The molecule has 4 aliphatic carbocycles. The summed E-state index contributed by atoms with van der Waals surface area (Å²) in [4.78, 5) is 11.5. The molecule has 0 amide bonds. The molecule has 0 unspecified atom stereocenters. The van der Waals surface area contributed by atoms with Gasteiger partial charge in [-0.3, -0.25) is 4.79 Å². The molecule has 4 rings (SSSR count). The average Bonchev–Trinajstić information content (AvgIpc) is 2.14. The van der Waals surface area contributed by atoms with Crippen molar-refractivity contribution in [1.82, 2.24) is 0 Å². The summed E-state index contributed by atoms with van der Waals surface area (Å²) in [6.45, 7) is 0. The van der Waals surface area contributed by atoms with Crippen LogP contribution < -0.4 is 0 Å². The van der Waals surface area contributed by atoms with Gasteiger partial charge < -0.3 is 0 Å². The van der Waals surface area contributed by atoms with E-state index in [-0.39, 0.29) is 5.78 Å². The third-order valence-corrected chi connectivity index (χ3v) is 4.86. The van der Waals surface area contributed by atoms with Crippen molar-refractivity contribution in [2.24, 2.45) is 23.2 Å². The Morgan fingerprint density at radius 2 is 1.60 bits per heavy atom. The number of hydrogen-bond acceptors (Lipinski definition) is 1. The van der Waals surface area contributed by atoms with E-state index in [4.69, 9.17) is 6.42 Å². The third-order valence-electron chi connectivity index (χ3n) is 4.86. The van der Waals surface area contributed by atoms with Crippen molar-refractivity contribution in [1.29, 1.82) is 0 Å². The molecule has 80 valence electrons. The Bertz CT molecular complexity index is 298. The van der Waals surface area contributed by atoms with Gasteiger partial charge in [0.1, 0.15) is 0 Å². The Balaban J connectivity index is 1.81. The molecule has 0 aromatic carbocycles. The number of ketones is 1. The van der Waals surface area contributed by atoms with Crippen molar-refractivity contribution in [3.63, 3.8) is 0 Å². The minimum Gasteiger partial charge on any atom is -0.285 e. The largest absolute Gasteiger partial charge is 0.285 e. The summed E-state index contributed by atoms with van der Waals surface area (Å²) in [5.74, 6) is 5.09. The van der Waals surface area contributed by atoms with E-state index in [9.17, 15) is 4.79 Å². The lowest BCUT2D eigenvalue weighted by molar-refractivity contribution is -0.122. The van der Waals surface area contributed by atoms with Crippen molar-refractivity contribution in [3.8, 4) is 12.3 Å². The normalized spacial score (nSPS) is 46.5. The van der Waals surface area contributed by atoms with E-state index in [2.05, 4.69) is 5.92 Å². The Morgan fingerprint density at radius 3 is 2.00 bits per heavy atom. The Hall–Kier alpha value is -0.770. The van der Waals surface area contributed by atoms with Crippen LogP contribution in [0.25, 0.3) is 0 Å². The second-order valence-corrected chi connectivity index (χ2v) is 6.16. The van der Waals surface area contributed by atoms with Gasteiger partial charge in [-0.1, -0.05) is 0 Å². The van der Waals surface area contributed by atoms with Gasteiger partial charge >= 0.3 is 0 Å². The lowest BCUT2D eigenvalue weighted by atomic mass is 9.48. The molecule has 0 aromatic rings. The smallest absolute Gasteiger partial charge is 0.205 e. The zero-order valence-electron chi connectivity index (χ0n) is 9.17. The zero-order valence-corrected chi connectivity index (χ0v) is 9.17. The molecule has 0 spiro atoms. The quantitative estimate of drug-likeness (QED) is 0.497. The Kier molecular flexibility index (Phi) is 1.96. The van der Waals surface area contributed by atoms with Crippen LogP contribution in [0.4, 0.5) is 0 Å². The molecule has 1 heteroatoms. The van der Waals surface area contributed by atoms with Crippen molar-refractivity contribution < 1.29 is 4.79 Å². The molecule has 0 atom stereocenters. The number of Topliss-reactive ketones (excluding diaryl/α,β-unsaturated/α-hetero) is 1. The van der Waals surface area contributed by atoms with Gasteiger partial charge in [0.2, 0.25) is 5.78 Å². The van der Waals surface area contributed by atoms with Crippen LogP contribution >= 0.6 is 0 Å². The monoisotopic (exact) mass is 202 g/mol. The molecule has 0 aromatic heterocycles. The fourth-order valence-corrected chi connectivity index (χ4v) is 4.90. The van der Waals surface area contributed by atoms with E-state index in [1.165, 1.54) is 38.5 Å². The molecule has 4 saturated carbocycles. The maximum absolute atomic E-state index is 11.5. The lowest BCUT2D eigenvalue weighted by Crippen LogP contribution is -2.46. The van der Waals surface area contributed by atoms with Crippen LogP contribution in [0.1, 0.15) is 44.9 Å². The van der Waals surface area contributed by atoms with Gasteiger partial charge in [0.15, 0.2) is 0 Å². The highest BCUT2D eigenvalue weighted by atomic mass is 16.1. The third kappa shape index (κ3) is 1.51. The molecular weight excluding hydrogens is 184 g/mol. The lowest BCUT2D eigenvalue weighted by Gasteiger charge is -2.56. The summed E-state index contributed by atoms with van der Waals surface area (Å²) >= 11 is 0. The molecule has 4 fully saturated rings. The molecule has 0 saturated heterocycles. The number of terminal acetylenes is 1. The van der Waals surface area contributed by atoms with E-state index >= 15 is 0 Å². The zero-order chi connectivity index (χ0) is 10.5. The molecule has 0 aliphatic heterocycles. The van der Waals surface area contributed by atoms with Crippen molar-refractivity contribution in [2.75, 3.05) is 0 Å². The first kappa shape index (κ1) is 9.46. The summed E-state index contributed by atoms with van der Waals surface area (Å²) in [5, 5.41) is 0. The standard InChI is InChI=1S/C14H18O/c1-2-13(15)9-14-6-10-3-11(7-14)5-12(4-10)8-14/h1,10-12H,3-9H2. The number of hydrogen-bond donors (Lipinski definition) is 0. The van der Waals surface area contributed by atoms with Gasteiger partial charge in [0.25, 0.3) is 0 Å². The van der Waals surface area contributed by atoms with Crippen LogP contribution in [0.2, 0.25) is 0 Å². The fraction of sp³-hybridized carbons (Fsp3) is 0.786. The number of rotatable bonds is 2. The predicted octanol–water partition coefficient (Wildman–Crippen LogP) is 2.80. The van der Waals surface area contributed by atoms with Crippen LogP contribution in [-0.2, 0) is 4.79 Å². The number of carbonyl (C=O) groups excluding carboxylic acids is 1. The minimum absolute atomic E-state index is 0.0388. The van der Waals surface area contributed by atoms with E-state index in [1.807, 2.05) is 0 Å². The van der Waals surface area contributed by atoms with Crippen LogP contribution in [0.3, 0.4) is 0 Å². The molecule has 0 N–H and O–H groups in total. The average molecular weight is 202 g/mol. The Morgan fingerprint density at radius 1 is 1.13 bits per heavy atom. The van der Waals surface area contributed by atoms with Gasteiger partial charge in [-0.15, -0.1) is 6.42 Å². The van der Waals surface area contributed by atoms with Crippen LogP contribution in [0.5, 0.6) is 0 Å². The van der Waals surface area contributed by atoms with Crippen molar-refractivity contribution in [2.45, 2.75) is 44.9 Å². The summed E-state index contributed by atoms with van der Waals surface area (Å²) in [6.07, 6.45) is 14.0. The van der Waals surface area contributed by atoms with Crippen LogP contribution in [0, 0.1) is 35.5 Å². The molecule has 4 aliphatic rings. The van der Waals surface area contributed by atoms with Gasteiger partial charge in [0, 0.05) is 6.42 Å². The number of carbonyl (C=O) groups is 1. The van der Waals surface area contributed by atoms with Gasteiger partial charge in [0.05, 0.1) is 0 Å². The molecule has 1 nitrogen and oxygen atoms in total. The predicted molar refractivity (Wildman–Crippen MR) is 59.1 cm³/mol. The van der Waals surface area contributed by atoms with Gasteiger partial charge in [-0.05, 0) is 67.6 Å². The highest BCUT2D eigenvalue weighted by molar-refractivity contribution is 5.95. The highest BCUT2D eigenvalue weighted by Crippen LogP contribution is 2.61. The Labute approximate surface area is 91.6 Å². The topological polar surface area (TPSA) is 17.1 Å².